The van der Waals surface area contributed by atoms with Crippen molar-refractivity contribution < 1.29 is 9.59 Å². The van der Waals surface area contributed by atoms with Crippen LogP contribution in [0.3, 0.4) is 0 Å². The van der Waals surface area contributed by atoms with Crippen LogP contribution in [0.1, 0.15) is 54.0 Å². The van der Waals surface area contributed by atoms with Gasteiger partial charge in [-0.15, -0.1) is 0 Å². The van der Waals surface area contributed by atoms with Crippen molar-refractivity contribution in [2.45, 2.75) is 46.5 Å². The van der Waals surface area contributed by atoms with Crippen LogP contribution in [0.25, 0.3) is 5.57 Å². The molecule has 5 rings (SSSR count). The molecule has 0 unspecified atom stereocenters. The second-order valence-electron chi connectivity index (χ2n) is 9.62. The first-order valence-electron chi connectivity index (χ1n) is 12.0. The molecule has 2 amide bonds. The molecule has 2 aliphatic heterocycles. The SMILES string of the molecule is Cc1ccc(C2=C(N3CCCc4ccccc43)C(=O)N(c3ccc(C(C)C)cc3)C2=O)c(C)c1. The molecule has 0 radical (unpaired) electrons. The van der Waals surface area contributed by atoms with E-state index in [9.17, 15) is 9.59 Å². The molecule has 4 heteroatoms. The molecule has 0 bridgehead atoms. The molecule has 2 heterocycles. The number of imide groups is 1. The summed E-state index contributed by atoms with van der Waals surface area (Å²) in [4.78, 5) is 31.4. The summed E-state index contributed by atoms with van der Waals surface area (Å²) in [6.45, 7) is 9.02. The van der Waals surface area contributed by atoms with Crippen molar-refractivity contribution >= 4 is 28.8 Å². The minimum atomic E-state index is -0.257. The van der Waals surface area contributed by atoms with E-state index in [4.69, 9.17) is 0 Å². The molecule has 0 aromatic heterocycles. The van der Waals surface area contributed by atoms with Gasteiger partial charge in [0.05, 0.1) is 11.3 Å². The van der Waals surface area contributed by atoms with Crippen LogP contribution in [0.2, 0.25) is 0 Å². The highest BCUT2D eigenvalue weighted by atomic mass is 16.2. The Labute approximate surface area is 201 Å². The van der Waals surface area contributed by atoms with Crippen LogP contribution < -0.4 is 9.80 Å². The molecule has 0 aliphatic carbocycles. The first-order valence-corrected chi connectivity index (χ1v) is 12.0. The smallest absolute Gasteiger partial charge is 0.282 e. The zero-order chi connectivity index (χ0) is 24.0. The lowest BCUT2D eigenvalue weighted by Crippen LogP contribution is -2.37. The van der Waals surface area contributed by atoms with E-state index in [0.717, 1.165) is 35.2 Å². The van der Waals surface area contributed by atoms with E-state index in [2.05, 4.69) is 36.9 Å². The molecule has 34 heavy (non-hydrogen) atoms. The zero-order valence-corrected chi connectivity index (χ0v) is 20.3. The fourth-order valence-corrected chi connectivity index (χ4v) is 5.11. The minimum absolute atomic E-state index is 0.256. The number of hydrogen-bond donors (Lipinski definition) is 0. The van der Waals surface area contributed by atoms with Gasteiger partial charge in [-0.25, -0.2) is 4.90 Å². The molecule has 0 atom stereocenters. The van der Waals surface area contributed by atoms with Gasteiger partial charge in [0.25, 0.3) is 11.8 Å². The summed E-state index contributed by atoms with van der Waals surface area (Å²) in [5.74, 6) is -0.135. The van der Waals surface area contributed by atoms with Gasteiger partial charge in [-0.2, -0.15) is 0 Å². The maximum atomic E-state index is 14.0. The number of carbonyl (C=O) groups excluding carboxylic acids is 2. The topological polar surface area (TPSA) is 40.6 Å². The Morgan fingerprint density at radius 1 is 0.853 bits per heavy atom. The van der Waals surface area contributed by atoms with Crippen molar-refractivity contribution in [1.29, 1.82) is 0 Å². The molecule has 2 aliphatic rings. The van der Waals surface area contributed by atoms with Crippen molar-refractivity contribution in [3.8, 4) is 0 Å². The molecular formula is C30H30N2O2. The largest absolute Gasteiger partial charge is 0.336 e. The summed E-state index contributed by atoms with van der Waals surface area (Å²) in [5, 5.41) is 0. The van der Waals surface area contributed by atoms with E-state index in [1.54, 1.807) is 0 Å². The van der Waals surface area contributed by atoms with Crippen molar-refractivity contribution in [1.82, 2.24) is 0 Å². The molecule has 0 N–H and O–H groups in total. The van der Waals surface area contributed by atoms with Crippen molar-refractivity contribution in [2.75, 3.05) is 16.3 Å². The molecule has 3 aromatic rings. The number of hydrogen-bond acceptors (Lipinski definition) is 3. The molecule has 172 valence electrons. The van der Waals surface area contributed by atoms with Crippen LogP contribution in [0.15, 0.2) is 72.4 Å². The van der Waals surface area contributed by atoms with E-state index in [-0.39, 0.29) is 11.8 Å². The molecule has 3 aromatic carbocycles. The van der Waals surface area contributed by atoms with Gasteiger partial charge in [0.1, 0.15) is 5.70 Å². The van der Waals surface area contributed by atoms with Gasteiger partial charge >= 0.3 is 0 Å². The number of anilines is 2. The first kappa shape index (κ1) is 22.1. The Bertz CT molecular complexity index is 1320. The van der Waals surface area contributed by atoms with E-state index < -0.39 is 0 Å². The zero-order valence-electron chi connectivity index (χ0n) is 20.3. The van der Waals surface area contributed by atoms with Crippen LogP contribution in [0.4, 0.5) is 11.4 Å². The van der Waals surface area contributed by atoms with E-state index >= 15 is 0 Å². The van der Waals surface area contributed by atoms with E-state index in [1.807, 2.05) is 62.4 Å². The van der Waals surface area contributed by atoms with Gasteiger partial charge in [0.15, 0.2) is 0 Å². The summed E-state index contributed by atoms with van der Waals surface area (Å²) in [5.41, 5.74) is 7.94. The standard InChI is InChI=1S/C30H30N2O2/c1-19(2)22-12-14-24(15-13-22)32-29(33)27(25-16-11-20(3)18-21(25)4)28(30(32)34)31-17-7-9-23-8-5-6-10-26(23)31/h5-6,8,10-16,18-19H,7,9,17H2,1-4H3. The highest BCUT2D eigenvalue weighted by Gasteiger charge is 2.44. The molecule has 0 spiro atoms. The number of nitrogens with zero attached hydrogens (tertiary/aromatic N) is 2. The normalized spacial score (nSPS) is 16.0. The average Bonchev–Trinajstić information content (AvgIpc) is 3.08. The highest BCUT2D eigenvalue weighted by molar-refractivity contribution is 6.46. The van der Waals surface area contributed by atoms with Crippen LogP contribution in [-0.2, 0) is 16.0 Å². The third-order valence-electron chi connectivity index (χ3n) is 6.91. The Balaban J connectivity index is 1.68. The number of carbonyl (C=O) groups is 2. The number of aryl methyl sites for hydroxylation is 3. The van der Waals surface area contributed by atoms with Crippen molar-refractivity contribution in [3.63, 3.8) is 0 Å². The maximum Gasteiger partial charge on any atom is 0.282 e. The monoisotopic (exact) mass is 450 g/mol. The first-order chi connectivity index (χ1) is 16.4. The predicted molar refractivity (Wildman–Crippen MR) is 138 cm³/mol. The van der Waals surface area contributed by atoms with Crippen LogP contribution in [0.5, 0.6) is 0 Å². The summed E-state index contributed by atoms with van der Waals surface area (Å²) in [6.07, 6.45) is 1.91. The van der Waals surface area contributed by atoms with Crippen LogP contribution in [0, 0.1) is 13.8 Å². The summed E-state index contributed by atoms with van der Waals surface area (Å²) in [6, 6.07) is 22.0. The number of rotatable bonds is 4. The summed E-state index contributed by atoms with van der Waals surface area (Å²) < 4.78 is 0. The third kappa shape index (κ3) is 3.63. The van der Waals surface area contributed by atoms with Crippen molar-refractivity contribution in [3.05, 3.63) is 100 Å². The lowest BCUT2D eigenvalue weighted by molar-refractivity contribution is -0.120. The number of amides is 2. The number of fused-ring (bicyclic) bond motifs is 1. The molecule has 0 saturated carbocycles. The van der Waals surface area contributed by atoms with E-state index in [0.29, 0.717) is 29.4 Å². The Hall–Kier alpha value is -3.66. The summed E-state index contributed by atoms with van der Waals surface area (Å²) >= 11 is 0. The molecular weight excluding hydrogens is 420 g/mol. The second kappa shape index (κ2) is 8.60. The molecule has 0 fully saturated rings. The van der Waals surface area contributed by atoms with Crippen LogP contribution >= 0.6 is 0 Å². The second-order valence-corrected chi connectivity index (χ2v) is 9.62. The Kier molecular flexibility index (Phi) is 5.60. The van der Waals surface area contributed by atoms with Gasteiger partial charge in [0.2, 0.25) is 0 Å². The lowest BCUT2D eigenvalue weighted by Gasteiger charge is -2.32. The minimum Gasteiger partial charge on any atom is -0.336 e. The Morgan fingerprint density at radius 2 is 1.59 bits per heavy atom. The van der Waals surface area contributed by atoms with Gasteiger partial charge in [0, 0.05) is 12.2 Å². The van der Waals surface area contributed by atoms with Crippen molar-refractivity contribution in [2.24, 2.45) is 0 Å². The summed E-state index contributed by atoms with van der Waals surface area (Å²) in [7, 11) is 0. The van der Waals surface area contributed by atoms with E-state index in [1.165, 1.54) is 16.0 Å². The highest BCUT2D eigenvalue weighted by Crippen LogP contribution is 2.40. The average molecular weight is 451 g/mol. The van der Waals surface area contributed by atoms with Gasteiger partial charge in [-0.1, -0.05) is 67.9 Å². The molecule has 4 nitrogen and oxygen atoms in total. The Morgan fingerprint density at radius 3 is 2.29 bits per heavy atom. The maximum absolute atomic E-state index is 14.0. The fraction of sp³-hybridized carbons (Fsp3) is 0.267. The predicted octanol–water partition coefficient (Wildman–Crippen LogP) is 6.16. The van der Waals surface area contributed by atoms with Crippen LogP contribution in [-0.4, -0.2) is 18.4 Å². The quantitative estimate of drug-likeness (QED) is 0.447. The fourth-order valence-electron chi connectivity index (χ4n) is 5.11. The lowest BCUT2D eigenvalue weighted by atomic mass is 9.95. The van der Waals surface area contributed by atoms with Gasteiger partial charge < -0.3 is 4.90 Å². The van der Waals surface area contributed by atoms with Gasteiger partial charge in [-0.05, 0) is 73.1 Å². The number of para-hydroxylation sites is 1. The number of benzene rings is 3. The third-order valence-corrected chi connectivity index (χ3v) is 6.91. The van der Waals surface area contributed by atoms with Gasteiger partial charge in [-0.3, -0.25) is 9.59 Å². The molecule has 0 saturated heterocycles.